The maximum Gasteiger partial charge on any atom is 0.219 e. The minimum atomic E-state index is 0.169. The van der Waals surface area contributed by atoms with E-state index < -0.39 is 0 Å². The molecular weight excluding hydrogens is 150 g/mol. The first-order valence-electron chi connectivity index (χ1n) is 4.94. The number of carbonyl (C=O) groups is 1. The largest absolute Gasteiger partial charge is 0.353 e. The molecule has 0 bridgehead atoms. The van der Waals surface area contributed by atoms with Crippen molar-refractivity contribution in [2.75, 3.05) is 0 Å². The fourth-order valence-corrected chi connectivity index (χ4v) is 1.24. The van der Waals surface area contributed by atoms with Crippen molar-refractivity contribution >= 4 is 5.91 Å². The second-order valence-corrected chi connectivity index (χ2v) is 3.32. The third-order valence-corrected chi connectivity index (χ3v) is 2.44. The van der Waals surface area contributed by atoms with E-state index in [1.54, 1.807) is 0 Å². The normalized spacial score (nSPS) is 15.3. The summed E-state index contributed by atoms with van der Waals surface area (Å²) in [5.41, 5.74) is 0. The maximum atomic E-state index is 11.1. The zero-order chi connectivity index (χ0) is 9.56. The van der Waals surface area contributed by atoms with E-state index in [1.807, 2.05) is 6.92 Å². The Labute approximate surface area is 75.7 Å². The molecular formula is C10H21NO. The highest BCUT2D eigenvalue weighted by Gasteiger charge is 2.14. The average molecular weight is 171 g/mol. The predicted octanol–water partition coefficient (Wildman–Crippen LogP) is 2.34. The van der Waals surface area contributed by atoms with Gasteiger partial charge in [-0.2, -0.15) is 0 Å². The van der Waals surface area contributed by atoms with Crippen LogP contribution in [0.15, 0.2) is 0 Å². The molecule has 2 nitrogen and oxygen atoms in total. The van der Waals surface area contributed by atoms with Gasteiger partial charge in [0.25, 0.3) is 0 Å². The Balaban J connectivity index is 3.90. The highest BCUT2D eigenvalue weighted by atomic mass is 16.1. The van der Waals surface area contributed by atoms with Gasteiger partial charge in [0.05, 0.1) is 0 Å². The van der Waals surface area contributed by atoms with Crippen LogP contribution < -0.4 is 5.32 Å². The van der Waals surface area contributed by atoms with Crippen LogP contribution in [0.3, 0.4) is 0 Å². The molecule has 0 aliphatic rings. The Morgan fingerprint density at radius 1 is 1.25 bits per heavy atom. The summed E-state index contributed by atoms with van der Waals surface area (Å²) in [5, 5.41) is 3.03. The van der Waals surface area contributed by atoms with Crippen molar-refractivity contribution in [3.63, 3.8) is 0 Å². The van der Waals surface area contributed by atoms with Crippen molar-refractivity contribution in [3.05, 3.63) is 0 Å². The van der Waals surface area contributed by atoms with Crippen LogP contribution in [-0.2, 0) is 4.79 Å². The second kappa shape index (κ2) is 6.04. The Hall–Kier alpha value is -0.530. The molecule has 0 spiro atoms. The van der Waals surface area contributed by atoms with Crippen LogP contribution in [0.1, 0.15) is 47.0 Å². The quantitative estimate of drug-likeness (QED) is 0.676. The SMILES string of the molecule is CCC(=O)NC(CC)C(C)CC. The smallest absolute Gasteiger partial charge is 0.219 e. The number of hydrogen-bond donors (Lipinski definition) is 1. The summed E-state index contributed by atoms with van der Waals surface area (Å²) >= 11 is 0. The summed E-state index contributed by atoms with van der Waals surface area (Å²) in [4.78, 5) is 11.1. The van der Waals surface area contributed by atoms with E-state index in [9.17, 15) is 4.79 Å². The molecule has 0 aliphatic carbocycles. The van der Waals surface area contributed by atoms with Crippen molar-refractivity contribution in [2.45, 2.75) is 53.0 Å². The van der Waals surface area contributed by atoms with E-state index in [-0.39, 0.29) is 5.91 Å². The molecule has 0 aliphatic heterocycles. The number of hydrogen-bond acceptors (Lipinski definition) is 1. The summed E-state index contributed by atoms with van der Waals surface area (Å²) in [5.74, 6) is 0.757. The van der Waals surface area contributed by atoms with Crippen molar-refractivity contribution in [1.82, 2.24) is 5.32 Å². The van der Waals surface area contributed by atoms with E-state index in [0.717, 1.165) is 12.8 Å². The molecule has 0 aromatic heterocycles. The first-order valence-corrected chi connectivity index (χ1v) is 4.94. The van der Waals surface area contributed by atoms with Crippen LogP contribution in [0.4, 0.5) is 0 Å². The average Bonchev–Trinajstić information content (AvgIpc) is 2.12. The van der Waals surface area contributed by atoms with Crippen molar-refractivity contribution in [1.29, 1.82) is 0 Å². The minimum absolute atomic E-state index is 0.169. The molecule has 2 atom stereocenters. The van der Waals surface area contributed by atoms with Crippen LogP contribution in [0.2, 0.25) is 0 Å². The molecule has 0 fully saturated rings. The van der Waals surface area contributed by atoms with E-state index in [4.69, 9.17) is 0 Å². The van der Waals surface area contributed by atoms with Gasteiger partial charge < -0.3 is 5.32 Å². The molecule has 0 saturated carbocycles. The van der Waals surface area contributed by atoms with Gasteiger partial charge in [0, 0.05) is 12.5 Å². The number of rotatable bonds is 5. The predicted molar refractivity (Wildman–Crippen MR) is 52.0 cm³/mol. The number of amides is 1. The van der Waals surface area contributed by atoms with Gasteiger partial charge in [-0.25, -0.2) is 0 Å². The first kappa shape index (κ1) is 11.5. The molecule has 0 radical (unpaired) electrons. The molecule has 1 N–H and O–H groups in total. The fraction of sp³-hybridized carbons (Fsp3) is 0.900. The standard InChI is InChI=1S/C10H21NO/c1-5-8(4)9(6-2)11-10(12)7-3/h8-9H,5-7H2,1-4H3,(H,11,12). The van der Waals surface area contributed by atoms with E-state index in [0.29, 0.717) is 18.4 Å². The Morgan fingerprint density at radius 3 is 2.17 bits per heavy atom. The Kier molecular flexibility index (Phi) is 5.77. The van der Waals surface area contributed by atoms with Gasteiger partial charge in [-0.1, -0.05) is 34.1 Å². The number of carbonyl (C=O) groups excluding carboxylic acids is 1. The summed E-state index contributed by atoms with van der Waals surface area (Å²) in [7, 11) is 0. The molecule has 2 unspecified atom stereocenters. The topological polar surface area (TPSA) is 29.1 Å². The summed E-state index contributed by atoms with van der Waals surface area (Å²) in [6, 6.07) is 0.363. The van der Waals surface area contributed by atoms with Crippen molar-refractivity contribution in [2.24, 2.45) is 5.92 Å². The van der Waals surface area contributed by atoms with Gasteiger partial charge in [-0.05, 0) is 12.3 Å². The minimum Gasteiger partial charge on any atom is -0.353 e. The monoisotopic (exact) mass is 171 g/mol. The zero-order valence-electron chi connectivity index (χ0n) is 8.68. The zero-order valence-corrected chi connectivity index (χ0v) is 8.68. The summed E-state index contributed by atoms with van der Waals surface area (Å²) < 4.78 is 0. The molecule has 0 rings (SSSR count). The number of nitrogens with one attached hydrogen (secondary N) is 1. The van der Waals surface area contributed by atoms with Crippen LogP contribution in [0.5, 0.6) is 0 Å². The van der Waals surface area contributed by atoms with Gasteiger partial charge in [-0.15, -0.1) is 0 Å². The Morgan fingerprint density at radius 2 is 1.83 bits per heavy atom. The maximum absolute atomic E-state index is 11.1. The molecule has 0 saturated heterocycles. The lowest BCUT2D eigenvalue weighted by molar-refractivity contribution is -0.121. The van der Waals surface area contributed by atoms with Crippen LogP contribution >= 0.6 is 0 Å². The third-order valence-electron chi connectivity index (χ3n) is 2.44. The lowest BCUT2D eigenvalue weighted by Gasteiger charge is -2.22. The highest BCUT2D eigenvalue weighted by Crippen LogP contribution is 2.10. The molecule has 0 heterocycles. The van der Waals surface area contributed by atoms with E-state index >= 15 is 0 Å². The lowest BCUT2D eigenvalue weighted by Crippen LogP contribution is -2.38. The highest BCUT2D eigenvalue weighted by molar-refractivity contribution is 5.75. The fourth-order valence-electron chi connectivity index (χ4n) is 1.24. The van der Waals surface area contributed by atoms with Crippen LogP contribution in [0, 0.1) is 5.92 Å². The van der Waals surface area contributed by atoms with Gasteiger partial charge in [0.2, 0.25) is 5.91 Å². The van der Waals surface area contributed by atoms with E-state index in [2.05, 4.69) is 26.1 Å². The molecule has 2 heteroatoms. The van der Waals surface area contributed by atoms with E-state index in [1.165, 1.54) is 0 Å². The van der Waals surface area contributed by atoms with Crippen LogP contribution in [-0.4, -0.2) is 11.9 Å². The summed E-state index contributed by atoms with van der Waals surface area (Å²) in [6.45, 7) is 8.35. The van der Waals surface area contributed by atoms with Gasteiger partial charge >= 0.3 is 0 Å². The molecule has 0 aromatic carbocycles. The first-order chi connectivity index (χ1) is 5.65. The third kappa shape index (κ3) is 3.74. The Bertz CT molecular complexity index is 134. The van der Waals surface area contributed by atoms with Gasteiger partial charge in [0.1, 0.15) is 0 Å². The second-order valence-electron chi connectivity index (χ2n) is 3.32. The van der Waals surface area contributed by atoms with Gasteiger partial charge in [-0.3, -0.25) is 4.79 Å². The molecule has 1 amide bonds. The molecule has 0 aromatic rings. The van der Waals surface area contributed by atoms with Crippen molar-refractivity contribution in [3.8, 4) is 0 Å². The van der Waals surface area contributed by atoms with Crippen LogP contribution in [0.25, 0.3) is 0 Å². The summed E-state index contributed by atoms with van der Waals surface area (Å²) in [6.07, 6.45) is 2.75. The molecule has 72 valence electrons. The lowest BCUT2D eigenvalue weighted by atomic mass is 9.97. The molecule has 12 heavy (non-hydrogen) atoms. The van der Waals surface area contributed by atoms with Crippen molar-refractivity contribution < 1.29 is 4.79 Å². The van der Waals surface area contributed by atoms with Gasteiger partial charge in [0.15, 0.2) is 0 Å².